The molecular weight excluding hydrogens is 362 g/mol. The first-order valence-electron chi connectivity index (χ1n) is 9.97. The fourth-order valence-corrected chi connectivity index (χ4v) is 4.84. The molecule has 0 N–H and O–H groups in total. The topological polar surface area (TPSA) is 60.9 Å². The number of rotatable bonds is 5. The number of hydrogen-bond donors (Lipinski definition) is 0. The molecule has 6 nitrogen and oxygen atoms in total. The van der Waals surface area contributed by atoms with Crippen LogP contribution in [0.2, 0.25) is 0 Å². The molecule has 1 aromatic carbocycles. The van der Waals surface area contributed by atoms with Crippen molar-refractivity contribution in [2.75, 3.05) is 45.0 Å². The number of likely N-dealkylation sites (tertiary alicyclic amines) is 1. The fourth-order valence-electron chi connectivity index (χ4n) is 3.75. The molecule has 0 bridgehead atoms. The first-order chi connectivity index (χ1) is 12.9. The summed E-state index contributed by atoms with van der Waals surface area (Å²) < 4.78 is 25.5. The van der Waals surface area contributed by atoms with Crippen molar-refractivity contribution in [1.29, 1.82) is 0 Å². The van der Waals surface area contributed by atoms with Crippen LogP contribution in [0, 0.1) is 5.92 Å². The number of benzene rings is 1. The van der Waals surface area contributed by atoms with Crippen molar-refractivity contribution in [2.24, 2.45) is 5.92 Å². The maximum absolute atomic E-state index is 12.6. The minimum Gasteiger partial charge on any atom is -0.339 e. The van der Waals surface area contributed by atoms with Gasteiger partial charge in [0.1, 0.15) is 0 Å². The molecule has 2 heterocycles. The van der Waals surface area contributed by atoms with E-state index in [4.69, 9.17) is 0 Å². The van der Waals surface area contributed by atoms with E-state index in [1.54, 1.807) is 11.2 Å². The zero-order chi connectivity index (χ0) is 19.4. The third-order valence-electron chi connectivity index (χ3n) is 5.77. The summed E-state index contributed by atoms with van der Waals surface area (Å²) in [6.45, 7) is 9.02. The van der Waals surface area contributed by atoms with Crippen LogP contribution in [0.1, 0.15) is 42.6 Å². The Hall–Kier alpha value is -1.44. The molecule has 1 amide bonds. The minimum absolute atomic E-state index is 0.131. The average molecular weight is 394 g/mol. The van der Waals surface area contributed by atoms with E-state index in [1.165, 1.54) is 0 Å². The molecule has 0 saturated carbocycles. The normalized spacial score (nSPS) is 20.7. The predicted molar refractivity (Wildman–Crippen MR) is 107 cm³/mol. The maximum atomic E-state index is 12.6. The summed E-state index contributed by atoms with van der Waals surface area (Å²) in [6.07, 6.45) is 2.17. The fraction of sp³-hybridized carbons (Fsp3) is 0.650. The van der Waals surface area contributed by atoms with Crippen LogP contribution in [-0.2, 0) is 16.6 Å². The van der Waals surface area contributed by atoms with Crippen LogP contribution in [0.15, 0.2) is 24.3 Å². The first-order valence-corrected chi connectivity index (χ1v) is 11.6. The van der Waals surface area contributed by atoms with Crippen LogP contribution >= 0.6 is 0 Å². The summed E-state index contributed by atoms with van der Waals surface area (Å²) in [7, 11) is -3.08. The molecule has 150 valence electrons. The lowest BCUT2D eigenvalue weighted by molar-refractivity contribution is 0.0697. The Kier molecular flexibility index (Phi) is 6.55. The van der Waals surface area contributed by atoms with Crippen LogP contribution < -0.4 is 0 Å². The summed E-state index contributed by atoms with van der Waals surface area (Å²) in [4.78, 5) is 16.8. The molecule has 1 aromatic rings. The Morgan fingerprint density at radius 3 is 2.15 bits per heavy atom. The van der Waals surface area contributed by atoms with Gasteiger partial charge in [-0.1, -0.05) is 19.1 Å². The molecular formula is C20H31N3O3S. The molecule has 0 aromatic heterocycles. The van der Waals surface area contributed by atoms with Gasteiger partial charge in [-0.25, -0.2) is 8.42 Å². The zero-order valence-corrected chi connectivity index (χ0v) is 17.2. The van der Waals surface area contributed by atoms with Crippen LogP contribution in [0.4, 0.5) is 0 Å². The summed E-state index contributed by atoms with van der Waals surface area (Å²) >= 11 is 0. The van der Waals surface area contributed by atoms with Crippen molar-refractivity contribution in [3.63, 3.8) is 0 Å². The van der Waals surface area contributed by atoms with Crippen molar-refractivity contribution >= 4 is 15.9 Å². The maximum Gasteiger partial charge on any atom is 0.253 e. The van der Waals surface area contributed by atoms with E-state index in [2.05, 4.69) is 11.8 Å². The number of piperazine rings is 1. The van der Waals surface area contributed by atoms with Gasteiger partial charge >= 0.3 is 0 Å². The smallest absolute Gasteiger partial charge is 0.253 e. The quantitative estimate of drug-likeness (QED) is 0.768. The van der Waals surface area contributed by atoms with Gasteiger partial charge in [0.05, 0.1) is 5.75 Å². The summed E-state index contributed by atoms with van der Waals surface area (Å²) in [5.74, 6) is 1.01. The number of carbonyl (C=O) groups excluding carboxylic acids is 1. The van der Waals surface area contributed by atoms with Crippen LogP contribution in [0.3, 0.4) is 0 Å². The zero-order valence-electron chi connectivity index (χ0n) is 16.4. The third kappa shape index (κ3) is 5.09. The Balaban J connectivity index is 1.52. The minimum atomic E-state index is -3.08. The van der Waals surface area contributed by atoms with Gasteiger partial charge in [0.2, 0.25) is 10.0 Å². The number of sulfonamides is 1. The van der Waals surface area contributed by atoms with E-state index in [9.17, 15) is 13.2 Å². The number of carbonyl (C=O) groups is 1. The van der Waals surface area contributed by atoms with Crippen molar-refractivity contribution in [2.45, 2.75) is 33.2 Å². The highest BCUT2D eigenvalue weighted by Crippen LogP contribution is 2.19. The molecule has 7 heteroatoms. The molecule has 0 spiro atoms. The van der Waals surface area contributed by atoms with E-state index in [-0.39, 0.29) is 11.7 Å². The molecule has 0 unspecified atom stereocenters. The second-order valence-corrected chi connectivity index (χ2v) is 10.0. The van der Waals surface area contributed by atoms with Gasteiger partial charge in [0.15, 0.2) is 0 Å². The average Bonchev–Trinajstić information content (AvgIpc) is 2.69. The number of nitrogens with zero attached hydrogens (tertiary/aromatic N) is 3. The van der Waals surface area contributed by atoms with Crippen LogP contribution in [-0.4, -0.2) is 73.5 Å². The van der Waals surface area contributed by atoms with E-state index >= 15 is 0 Å². The van der Waals surface area contributed by atoms with Gasteiger partial charge < -0.3 is 4.90 Å². The van der Waals surface area contributed by atoms with E-state index in [0.29, 0.717) is 19.0 Å². The van der Waals surface area contributed by atoms with Gasteiger partial charge in [0, 0.05) is 51.4 Å². The standard InChI is InChI=1S/C20H31N3O3S/c1-3-27(25,26)23-14-12-21(13-15-23)16-18-4-6-19(7-5-18)20(24)22-10-8-17(2)9-11-22/h4-7,17H,3,8-16H2,1-2H3. The molecule has 2 aliphatic rings. The number of amides is 1. The predicted octanol–water partition coefficient (Wildman–Crippen LogP) is 2.03. The summed E-state index contributed by atoms with van der Waals surface area (Å²) in [6, 6.07) is 7.89. The highest BCUT2D eigenvalue weighted by Gasteiger charge is 2.25. The van der Waals surface area contributed by atoms with Crippen LogP contribution in [0.25, 0.3) is 0 Å². The van der Waals surface area contributed by atoms with Crippen LogP contribution in [0.5, 0.6) is 0 Å². The van der Waals surface area contributed by atoms with Crippen molar-refractivity contribution < 1.29 is 13.2 Å². The van der Waals surface area contributed by atoms with Gasteiger partial charge in [-0.3, -0.25) is 9.69 Å². The Morgan fingerprint density at radius 2 is 1.59 bits per heavy atom. The molecule has 0 atom stereocenters. The Labute approximate surface area is 163 Å². The first kappa shape index (κ1) is 20.3. The molecule has 27 heavy (non-hydrogen) atoms. The number of piperidine rings is 1. The van der Waals surface area contributed by atoms with E-state index in [0.717, 1.165) is 56.7 Å². The summed E-state index contributed by atoms with van der Waals surface area (Å²) in [5.41, 5.74) is 1.91. The molecule has 0 radical (unpaired) electrons. The number of hydrogen-bond acceptors (Lipinski definition) is 4. The Morgan fingerprint density at radius 1 is 1.00 bits per heavy atom. The molecule has 2 saturated heterocycles. The highest BCUT2D eigenvalue weighted by molar-refractivity contribution is 7.89. The monoisotopic (exact) mass is 393 g/mol. The largest absolute Gasteiger partial charge is 0.339 e. The molecule has 0 aliphatic carbocycles. The second-order valence-electron chi connectivity index (χ2n) is 7.75. The second kappa shape index (κ2) is 8.71. The lowest BCUT2D eigenvalue weighted by atomic mass is 9.98. The van der Waals surface area contributed by atoms with Gasteiger partial charge in [0.25, 0.3) is 5.91 Å². The Bertz CT molecular complexity index is 732. The van der Waals surface area contributed by atoms with Gasteiger partial charge in [-0.05, 0) is 43.4 Å². The van der Waals surface area contributed by atoms with E-state index < -0.39 is 10.0 Å². The SMILES string of the molecule is CCS(=O)(=O)N1CCN(Cc2ccc(C(=O)N3CCC(C)CC3)cc2)CC1. The van der Waals surface area contributed by atoms with Crippen molar-refractivity contribution in [3.8, 4) is 0 Å². The highest BCUT2D eigenvalue weighted by atomic mass is 32.2. The molecule has 3 rings (SSSR count). The lowest BCUT2D eigenvalue weighted by Crippen LogP contribution is -2.48. The van der Waals surface area contributed by atoms with Crippen molar-refractivity contribution in [1.82, 2.24) is 14.1 Å². The van der Waals surface area contributed by atoms with Gasteiger partial charge in [-0.2, -0.15) is 4.31 Å². The van der Waals surface area contributed by atoms with E-state index in [1.807, 2.05) is 29.2 Å². The third-order valence-corrected chi connectivity index (χ3v) is 7.65. The molecule has 2 aliphatic heterocycles. The van der Waals surface area contributed by atoms with Gasteiger partial charge in [-0.15, -0.1) is 0 Å². The molecule has 2 fully saturated rings. The summed E-state index contributed by atoms with van der Waals surface area (Å²) in [5, 5.41) is 0. The van der Waals surface area contributed by atoms with Crippen molar-refractivity contribution in [3.05, 3.63) is 35.4 Å². The lowest BCUT2D eigenvalue weighted by Gasteiger charge is -2.33.